The second-order valence-electron chi connectivity index (χ2n) is 2.78. The van der Waals surface area contributed by atoms with E-state index in [4.69, 9.17) is 25.5 Å². The summed E-state index contributed by atoms with van der Waals surface area (Å²) in [4.78, 5) is 10.7. The van der Waals surface area contributed by atoms with Crippen molar-refractivity contribution < 1.29 is 35.1 Å². The number of aliphatic hydroxyl groups is 5. The van der Waals surface area contributed by atoms with Gasteiger partial charge < -0.3 is 30.3 Å². The first-order valence-electron chi connectivity index (χ1n) is 3.53. The lowest BCUT2D eigenvalue weighted by molar-refractivity contribution is -0.319. The predicted molar refractivity (Wildman–Crippen MR) is 36.1 cm³/mol. The van der Waals surface area contributed by atoms with Crippen LogP contribution in [0.1, 0.15) is 0 Å². The monoisotopic (exact) mass is 194 g/mol. The minimum absolute atomic E-state index is 0.859. The summed E-state index contributed by atoms with van der Waals surface area (Å²) >= 11 is 0. The van der Waals surface area contributed by atoms with E-state index in [0.29, 0.717) is 0 Å². The van der Waals surface area contributed by atoms with E-state index in [2.05, 4.69) is 4.74 Å². The molecule has 1 fully saturated rings. The summed E-state index contributed by atoms with van der Waals surface area (Å²) < 4.78 is 4.23. The molecule has 0 aromatic rings. The van der Waals surface area contributed by atoms with Gasteiger partial charge >= 0.3 is 5.97 Å². The summed E-state index contributed by atoms with van der Waals surface area (Å²) in [5.74, 6) is -4.03. The van der Waals surface area contributed by atoms with Crippen LogP contribution in [-0.2, 0) is 9.53 Å². The average molecular weight is 194 g/mol. The Morgan fingerprint density at radius 3 is 2.38 bits per heavy atom. The molecule has 0 amide bonds. The van der Waals surface area contributed by atoms with Crippen LogP contribution in [0.3, 0.4) is 0 Å². The van der Waals surface area contributed by atoms with Crippen molar-refractivity contribution in [3.05, 3.63) is 0 Å². The zero-order valence-electron chi connectivity index (χ0n) is 6.49. The lowest BCUT2D eigenvalue weighted by Crippen LogP contribution is -2.65. The fourth-order valence-corrected chi connectivity index (χ4v) is 1.02. The summed E-state index contributed by atoms with van der Waals surface area (Å²) in [6.45, 7) is -0.859. The highest BCUT2D eigenvalue weighted by Crippen LogP contribution is 2.24. The van der Waals surface area contributed by atoms with Gasteiger partial charge in [0.25, 0.3) is 0 Å². The highest BCUT2D eigenvalue weighted by atomic mass is 16.6. The van der Waals surface area contributed by atoms with Gasteiger partial charge in [0.1, 0.15) is 6.10 Å². The highest BCUT2D eigenvalue weighted by Gasteiger charge is 2.54. The van der Waals surface area contributed by atoms with Gasteiger partial charge in [-0.15, -0.1) is 0 Å². The molecule has 1 aliphatic heterocycles. The Kier molecular flexibility index (Phi) is 2.55. The molecule has 0 saturated carbocycles. The average Bonchev–Trinajstić information content (AvgIpc) is 2.08. The molecule has 7 heteroatoms. The van der Waals surface area contributed by atoms with E-state index >= 15 is 0 Å². The molecule has 13 heavy (non-hydrogen) atoms. The molecule has 3 atom stereocenters. The van der Waals surface area contributed by atoms with E-state index < -0.39 is 36.7 Å². The lowest BCUT2D eigenvalue weighted by Gasteiger charge is -2.39. The molecule has 0 radical (unpaired) electrons. The van der Waals surface area contributed by atoms with Gasteiger partial charge in [-0.3, -0.25) is 0 Å². The van der Waals surface area contributed by atoms with Gasteiger partial charge in [-0.2, -0.15) is 0 Å². The number of esters is 1. The molecule has 2 unspecified atom stereocenters. The van der Waals surface area contributed by atoms with Crippen LogP contribution in [0.2, 0.25) is 0 Å². The van der Waals surface area contributed by atoms with E-state index in [9.17, 15) is 4.79 Å². The minimum Gasteiger partial charge on any atom is -0.452 e. The standard InChI is InChI=1S/C6H10O7/c7-1-2-6(11,12)4(9)3(8)5(10)13-2/h2-4,7-9,11-12H,1H2/t2?,3?,4-/m0/s1. The molecule has 1 heterocycles. The fraction of sp³-hybridized carbons (Fsp3) is 0.833. The molecular formula is C6H10O7. The van der Waals surface area contributed by atoms with Crippen molar-refractivity contribution in [1.29, 1.82) is 0 Å². The molecule has 5 N–H and O–H groups in total. The second-order valence-corrected chi connectivity index (χ2v) is 2.78. The number of carbonyl (C=O) groups is 1. The SMILES string of the molecule is O=C1OC(CO)C(O)(O)[C@@H](O)C1O. The quantitative estimate of drug-likeness (QED) is 0.215. The summed E-state index contributed by atoms with van der Waals surface area (Å²) in [7, 11) is 0. The van der Waals surface area contributed by atoms with E-state index in [0.717, 1.165) is 0 Å². The molecule has 1 rings (SSSR count). The third-order valence-electron chi connectivity index (χ3n) is 1.87. The predicted octanol–water partition coefficient (Wildman–Crippen LogP) is -3.69. The molecular weight excluding hydrogens is 184 g/mol. The van der Waals surface area contributed by atoms with E-state index in [-0.39, 0.29) is 0 Å². The Morgan fingerprint density at radius 1 is 1.38 bits per heavy atom. The van der Waals surface area contributed by atoms with Crippen LogP contribution in [0.15, 0.2) is 0 Å². The van der Waals surface area contributed by atoms with Crippen molar-refractivity contribution in [2.45, 2.75) is 24.1 Å². The number of ether oxygens (including phenoxy) is 1. The maximum absolute atomic E-state index is 10.7. The molecule has 0 aromatic carbocycles. The number of rotatable bonds is 1. The number of aliphatic hydroxyl groups excluding tert-OH is 3. The van der Waals surface area contributed by atoms with Crippen LogP contribution >= 0.6 is 0 Å². The second kappa shape index (κ2) is 3.20. The summed E-state index contributed by atoms with van der Waals surface area (Å²) in [6, 6.07) is 0. The Bertz CT molecular complexity index is 209. The van der Waals surface area contributed by atoms with Gasteiger partial charge in [0.15, 0.2) is 12.2 Å². The van der Waals surface area contributed by atoms with E-state index in [1.165, 1.54) is 0 Å². The summed E-state index contributed by atoms with van der Waals surface area (Å²) in [5, 5.41) is 44.6. The maximum Gasteiger partial charge on any atom is 0.338 e. The molecule has 1 aliphatic rings. The molecule has 0 aromatic heterocycles. The van der Waals surface area contributed by atoms with Crippen LogP contribution in [0.4, 0.5) is 0 Å². The number of hydrogen-bond donors (Lipinski definition) is 5. The van der Waals surface area contributed by atoms with Crippen LogP contribution in [0.25, 0.3) is 0 Å². The maximum atomic E-state index is 10.7. The van der Waals surface area contributed by atoms with Crippen LogP contribution in [-0.4, -0.2) is 62.2 Å². The van der Waals surface area contributed by atoms with Crippen molar-refractivity contribution >= 4 is 5.97 Å². The lowest BCUT2D eigenvalue weighted by atomic mass is 9.96. The minimum atomic E-state index is -2.83. The van der Waals surface area contributed by atoms with Crippen molar-refractivity contribution in [3.63, 3.8) is 0 Å². The number of carbonyl (C=O) groups excluding carboxylic acids is 1. The largest absolute Gasteiger partial charge is 0.452 e. The molecule has 0 spiro atoms. The topological polar surface area (TPSA) is 127 Å². The Balaban J connectivity index is 2.88. The molecule has 1 saturated heterocycles. The van der Waals surface area contributed by atoms with Crippen LogP contribution in [0, 0.1) is 0 Å². The van der Waals surface area contributed by atoms with Crippen molar-refractivity contribution in [2.75, 3.05) is 6.61 Å². The highest BCUT2D eigenvalue weighted by molar-refractivity contribution is 5.76. The molecule has 0 aliphatic carbocycles. The van der Waals surface area contributed by atoms with Crippen LogP contribution < -0.4 is 0 Å². The number of cyclic esters (lactones) is 1. The zero-order chi connectivity index (χ0) is 10.2. The third-order valence-corrected chi connectivity index (χ3v) is 1.87. The van der Waals surface area contributed by atoms with Crippen molar-refractivity contribution in [2.24, 2.45) is 0 Å². The van der Waals surface area contributed by atoms with E-state index in [1.54, 1.807) is 0 Å². The van der Waals surface area contributed by atoms with Gasteiger partial charge in [-0.05, 0) is 0 Å². The van der Waals surface area contributed by atoms with Crippen molar-refractivity contribution in [3.8, 4) is 0 Å². The Hall–Kier alpha value is -0.730. The molecule has 7 nitrogen and oxygen atoms in total. The molecule has 76 valence electrons. The van der Waals surface area contributed by atoms with Gasteiger partial charge in [0, 0.05) is 0 Å². The van der Waals surface area contributed by atoms with Gasteiger partial charge in [-0.25, -0.2) is 4.79 Å². The summed E-state index contributed by atoms with van der Waals surface area (Å²) in [5.41, 5.74) is 0. The van der Waals surface area contributed by atoms with Gasteiger partial charge in [-0.1, -0.05) is 0 Å². The number of hydrogen-bond acceptors (Lipinski definition) is 7. The smallest absolute Gasteiger partial charge is 0.338 e. The fourth-order valence-electron chi connectivity index (χ4n) is 1.02. The third kappa shape index (κ3) is 1.52. The Morgan fingerprint density at radius 2 is 1.92 bits per heavy atom. The van der Waals surface area contributed by atoms with E-state index in [1.807, 2.05) is 0 Å². The van der Waals surface area contributed by atoms with Gasteiger partial charge in [0.2, 0.25) is 5.79 Å². The zero-order valence-corrected chi connectivity index (χ0v) is 6.49. The van der Waals surface area contributed by atoms with Crippen LogP contribution in [0.5, 0.6) is 0 Å². The van der Waals surface area contributed by atoms with Gasteiger partial charge in [0.05, 0.1) is 6.61 Å². The summed E-state index contributed by atoms with van der Waals surface area (Å²) in [6.07, 6.45) is -5.76. The first-order chi connectivity index (χ1) is 5.91. The first kappa shape index (κ1) is 10.4. The van der Waals surface area contributed by atoms with Crippen molar-refractivity contribution in [1.82, 2.24) is 0 Å². The Labute approximate surface area is 72.8 Å². The molecule has 0 bridgehead atoms. The normalized spacial score (nSPS) is 38.5. The first-order valence-corrected chi connectivity index (χ1v) is 3.53.